The molecule has 5 rings (SSSR count). The molecule has 0 atom stereocenters. The summed E-state index contributed by atoms with van der Waals surface area (Å²) in [5.41, 5.74) is 5.26. The van der Waals surface area contributed by atoms with Crippen molar-refractivity contribution in [1.29, 1.82) is 0 Å². The van der Waals surface area contributed by atoms with Gasteiger partial charge in [-0.2, -0.15) is 0 Å². The Morgan fingerprint density at radius 2 is 1.04 bits per heavy atom. The van der Waals surface area contributed by atoms with E-state index in [-0.39, 0.29) is 5.41 Å². The van der Waals surface area contributed by atoms with Crippen LogP contribution in [0.3, 0.4) is 0 Å². The van der Waals surface area contributed by atoms with Crippen molar-refractivity contribution in [3.8, 4) is 5.69 Å². The van der Waals surface area contributed by atoms with Crippen molar-refractivity contribution in [3.63, 3.8) is 0 Å². The van der Waals surface area contributed by atoms with Crippen LogP contribution in [0.2, 0.25) is 0 Å². The molecule has 5 aromatic rings. The summed E-state index contributed by atoms with van der Waals surface area (Å²) in [6, 6.07) is 30.8. The number of nitrogens with zero attached hydrogens (tertiary/aromatic N) is 1. The molecule has 4 aromatic carbocycles. The lowest BCUT2D eigenvalue weighted by Gasteiger charge is -2.22. The average molecular weight is 349 g/mol. The molecule has 0 radical (unpaired) electrons. The SMILES string of the molecule is CC(C)(C)c1cccc2c(-n3c4ccccc4c4ccccc43)cccc12. The summed E-state index contributed by atoms with van der Waals surface area (Å²) >= 11 is 0. The van der Waals surface area contributed by atoms with E-state index in [1.807, 2.05) is 0 Å². The third-order valence-corrected chi connectivity index (χ3v) is 5.53. The van der Waals surface area contributed by atoms with Crippen LogP contribution in [0, 0.1) is 0 Å². The molecule has 1 aromatic heterocycles. The number of fused-ring (bicyclic) bond motifs is 4. The van der Waals surface area contributed by atoms with E-state index in [9.17, 15) is 0 Å². The van der Waals surface area contributed by atoms with Gasteiger partial charge in [0.2, 0.25) is 0 Å². The zero-order chi connectivity index (χ0) is 18.6. The van der Waals surface area contributed by atoms with Gasteiger partial charge in [-0.15, -0.1) is 0 Å². The number of hydrogen-bond acceptors (Lipinski definition) is 0. The van der Waals surface area contributed by atoms with Gasteiger partial charge < -0.3 is 4.57 Å². The van der Waals surface area contributed by atoms with Gasteiger partial charge in [-0.25, -0.2) is 0 Å². The maximum absolute atomic E-state index is 2.42. The standard InChI is InChI=1S/C26H23N/c1-26(2,3)22-14-8-13-19-18(22)12-9-17-25(19)27-23-15-6-4-10-20(23)21-11-5-7-16-24(21)27/h4-17H,1-3H3. The van der Waals surface area contributed by atoms with Crippen molar-refractivity contribution in [2.75, 3.05) is 0 Å². The third-order valence-electron chi connectivity index (χ3n) is 5.53. The first kappa shape index (κ1) is 16.1. The Kier molecular flexibility index (Phi) is 3.42. The van der Waals surface area contributed by atoms with Gasteiger partial charge in [0.15, 0.2) is 0 Å². The van der Waals surface area contributed by atoms with Crippen LogP contribution < -0.4 is 0 Å². The second-order valence-corrected chi connectivity index (χ2v) is 8.30. The third kappa shape index (κ3) is 2.39. The molecule has 132 valence electrons. The van der Waals surface area contributed by atoms with Gasteiger partial charge in [0.1, 0.15) is 0 Å². The quantitative estimate of drug-likeness (QED) is 0.301. The fraction of sp³-hybridized carbons (Fsp3) is 0.154. The molecule has 0 unspecified atom stereocenters. The van der Waals surface area contributed by atoms with E-state index in [0.29, 0.717) is 0 Å². The molecule has 27 heavy (non-hydrogen) atoms. The van der Waals surface area contributed by atoms with Crippen molar-refractivity contribution in [2.45, 2.75) is 26.2 Å². The largest absolute Gasteiger partial charge is 0.309 e. The highest BCUT2D eigenvalue weighted by atomic mass is 15.0. The summed E-state index contributed by atoms with van der Waals surface area (Å²) in [5.74, 6) is 0. The first-order chi connectivity index (χ1) is 13.1. The number of para-hydroxylation sites is 2. The topological polar surface area (TPSA) is 4.93 Å². The van der Waals surface area contributed by atoms with E-state index in [2.05, 4.69) is 110 Å². The summed E-state index contributed by atoms with van der Waals surface area (Å²) in [6.07, 6.45) is 0. The molecule has 0 N–H and O–H groups in total. The zero-order valence-electron chi connectivity index (χ0n) is 16.0. The normalized spacial score (nSPS) is 12.3. The second-order valence-electron chi connectivity index (χ2n) is 8.30. The van der Waals surface area contributed by atoms with Crippen molar-refractivity contribution < 1.29 is 0 Å². The number of aromatic nitrogens is 1. The Labute approximate surface area is 159 Å². The minimum absolute atomic E-state index is 0.110. The fourth-order valence-corrected chi connectivity index (χ4v) is 4.32. The Bertz CT molecular complexity index is 1250. The van der Waals surface area contributed by atoms with Crippen LogP contribution in [0.1, 0.15) is 26.3 Å². The molecule has 1 heteroatoms. The minimum Gasteiger partial charge on any atom is -0.309 e. The first-order valence-electron chi connectivity index (χ1n) is 9.56. The highest BCUT2D eigenvalue weighted by Gasteiger charge is 2.19. The Hall–Kier alpha value is -3.06. The summed E-state index contributed by atoms with van der Waals surface area (Å²) in [5, 5.41) is 5.25. The van der Waals surface area contributed by atoms with Crippen LogP contribution in [0.5, 0.6) is 0 Å². The Morgan fingerprint density at radius 1 is 0.519 bits per heavy atom. The van der Waals surface area contributed by atoms with Crippen LogP contribution in [0.15, 0.2) is 84.9 Å². The van der Waals surface area contributed by atoms with Crippen molar-refractivity contribution >= 4 is 32.6 Å². The Morgan fingerprint density at radius 3 is 1.67 bits per heavy atom. The van der Waals surface area contributed by atoms with Crippen molar-refractivity contribution in [1.82, 2.24) is 4.57 Å². The lowest BCUT2D eigenvalue weighted by Crippen LogP contribution is -2.11. The molecule has 0 bridgehead atoms. The molecule has 0 aliphatic carbocycles. The predicted octanol–water partition coefficient (Wildman–Crippen LogP) is 7.23. The van der Waals surface area contributed by atoms with Gasteiger partial charge in [-0.05, 0) is 34.6 Å². The molecule has 0 amide bonds. The van der Waals surface area contributed by atoms with Crippen LogP contribution in [-0.2, 0) is 5.41 Å². The number of rotatable bonds is 1. The van der Waals surface area contributed by atoms with Crippen LogP contribution >= 0.6 is 0 Å². The number of hydrogen-bond donors (Lipinski definition) is 0. The van der Waals surface area contributed by atoms with Crippen molar-refractivity contribution in [2.24, 2.45) is 0 Å². The maximum atomic E-state index is 2.42. The summed E-state index contributed by atoms with van der Waals surface area (Å²) < 4.78 is 2.42. The zero-order valence-corrected chi connectivity index (χ0v) is 16.0. The smallest absolute Gasteiger partial charge is 0.0541 e. The lowest BCUT2D eigenvalue weighted by molar-refractivity contribution is 0.596. The molecule has 1 nitrogen and oxygen atoms in total. The van der Waals surface area contributed by atoms with E-state index < -0.39 is 0 Å². The van der Waals surface area contributed by atoms with E-state index in [4.69, 9.17) is 0 Å². The second kappa shape index (κ2) is 5.72. The van der Waals surface area contributed by atoms with Crippen LogP contribution in [-0.4, -0.2) is 4.57 Å². The predicted molar refractivity (Wildman–Crippen MR) is 117 cm³/mol. The molecule has 1 heterocycles. The van der Waals surface area contributed by atoms with Gasteiger partial charge in [0, 0.05) is 16.2 Å². The van der Waals surface area contributed by atoms with Crippen molar-refractivity contribution in [3.05, 3.63) is 90.5 Å². The van der Waals surface area contributed by atoms with Gasteiger partial charge in [-0.1, -0.05) is 87.5 Å². The van der Waals surface area contributed by atoms with E-state index >= 15 is 0 Å². The van der Waals surface area contributed by atoms with Gasteiger partial charge >= 0.3 is 0 Å². The minimum atomic E-state index is 0.110. The first-order valence-corrected chi connectivity index (χ1v) is 9.56. The highest BCUT2D eigenvalue weighted by molar-refractivity contribution is 6.10. The van der Waals surface area contributed by atoms with Crippen LogP contribution in [0.4, 0.5) is 0 Å². The highest BCUT2D eigenvalue weighted by Crippen LogP contribution is 2.37. The van der Waals surface area contributed by atoms with Crippen LogP contribution in [0.25, 0.3) is 38.3 Å². The van der Waals surface area contributed by atoms with E-state index in [1.165, 1.54) is 43.8 Å². The molecule has 0 aliphatic heterocycles. The summed E-state index contributed by atoms with van der Waals surface area (Å²) in [7, 11) is 0. The maximum Gasteiger partial charge on any atom is 0.0541 e. The molecule has 0 spiro atoms. The summed E-state index contributed by atoms with van der Waals surface area (Å²) in [6.45, 7) is 6.86. The molecular formula is C26H23N. The molecule has 0 saturated heterocycles. The lowest BCUT2D eigenvalue weighted by atomic mass is 9.83. The average Bonchev–Trinajstić information content (AvgIpc) is 3.01. The van der Waals surface area contributed by atoms with Gasteiger partial charge in [-0.3, -0.25) is 0 Å². The van der Waals surface area contributed by atoms with E-state index in [0.717, 1.165) is 0 Å². The number of benzene rings is 4. The Balaban J connectivity index is 1.95. The fourth-order valence-electron chi connectivity index (χ4n) is 4.32. The van der Waals surface area contributed by atoms with Gasteiger partial charge in [0.25, 0.3) is 0 Å². The molecule has 0 aliphatic rings. The summed E-state index contributed by atoms with van der Waals surface area (Å²) in [4.78, 5) is 0. The van der Waals surface area contributed by atoms with E-state index in [1.54, 1.807) is 0 Å². The molecule has 0 saturated carbocycles. The monoisotopic (exact) mass is 349 g/mol. The molecule has 0 fully saturated rings. The van der Waals surface area contributed by atoms with Gasteiger partial charge in [0.05, 0.1) is 16.7 Å². The molecular weight excluding hydrogens is 326 g/mol.